The van der Waals surface area contributed by atoms with Crippen molar-refractivity contribution in [1.29, 1.82) is 0 Å². The average Bonchev–Trinajstić information content (AvgIpc) is 3.21. The lowest BCUT2D eigenvalue weighted by Gasteiger charge is -2.11. The lowest BCUT2D eigenvalue weighted by atomic mass is 10.1. The normalized spacial score (nSPS) is 10.9. The van der Waals surface area contributed by atoms with Crippen molar-refractivity contribution in [1.82, 2.24) is 14.5 Å². The number of hydrogen-bond donors (Lipinski definition) is 2. The Kier molecular flexibility index (Phi) is 6.08. The highest BCUT2D eigenvalue weighted by Gasteiger charge is 2.13. The summed E-state index contributed by atoms with van der Waals surface area (Å²) in [5.41, 5.74) is 3.93. The van der Waals surface area contributed by atoms with Gasteiger partial charge in [-0.1, -0.05) is 41.6 Å². The number of aliphatic hydroxyl groups is 1. The minimum absolute atomic E-state index is 0.0932. The summed E-state index contributed by atoms with van der Waals surface area (Å²) >= 11 is 2.75. The molecule has 0 atom stereocenters. The van der Waals surface area contributed by atoms with E-state index in [0.717, 1.165) is 17.0 Å². The predicted octanol–water partition coefficient (Wildman–Crippen LogP) is 3.23. The zero-order valence-corrected chi connectivity index (χ0v) is 16.2. The van der Waals surface area contributed by atoms with E-state index >= 15 is 0 Å². The predicted molar refractivity (Wildman–Crippen MR) is 105 cm³/mol. The molecule has 2 aromatic heterocycles. The van der Waals surface area contributed by atoms with Crippen LogP contribution in [0.25, 0.3) is 0 Å². The number of imidazole rings is 1. The second kappa shape index (κ2) is 8.48. The molecule has 0 saturated carbocycles. The first-order valence-corrected chi connectivity index (χ1v) is 9.97. The molecule has 0 bridgehead atoms. The van der Waals surface area contributed by atoms with Crippen LogP contribution in [-0.2, 0) is 17.9 Å². The number of amides is 1. The summed E-state index contributed by atoms with van der Waals surface area (Å²) in [5, 5.41) is 15.6. The zero-order valence-electron chi connectivity index (χ0n) is 14.6. The number of anilines is 1. The zero-order chi connectivity index (χ0) is 18.5. The van der Waals surface area contributed by atoms with E-state index in [1.54, 1.807) is 6.20 Å². The molecular formula is C18H20N4O2S2. The average molecular weight is 389 g/mol. The highest BCUT2D eigenvalue weighted by atomic mass is 32.2. The number of aromatic nitrogens is 3. The van der Waals surface area contributed by atoms with Crippen molar-refractivity contribution >= 4 is 34.1 Å². The van der Waals surface area contributed by atoms with Gasteiger partial charge >= 0.3 is 0 Å². The van der Waals surface area contributed by atoms with Gasteiger partial charge in [-0.25, -0.2) is 9.97 Å². The molecule has 0 aliphatic rings. The third-order valence-corrected chi connectivity index (χ3v) is 5.59. The summed E-state index contributed by atoms with van der Waals surface area (Å²) < 4.78 is 1.94. The van der Waals surface area contributed by atoms with Gasteiger partial charge in [0.1, 0.15) is 0 Å². The van der Waals surface area contributed by atoms with Crippen LogP contribution in [0.2, 0.25) is 0 Å². The highest BCUT2D eigenvalue weighted by Crippen LogP contribution is 2.22. The molecule has 0 aliphatic carbocycles. The first kappa shape index (κ1) is 18.6. The molecule has 2 heterocycles. The van der Waals surface area contributed by atoms with Crippen LogP contribution in [0.3, 0.4) is 0 Å². The first-order valence-electron chi connectivity index (χ1n) is 8.10. The summed E-state index contributed by atoms with van der Waals surface area (Å²) in [5.74, 6) is 0.105. The number of carbonyl (C=O) groups excluding carboxylic acids is 1. The van der Waals surface area contributed by atoms with Crippen molar-refractivity contribution in [2.24, 2.45) is 0 Å². The molecule has 0 aliphatic heterocycles. The molecule has 0 spiro atoms. The molecule has 6 nitrogen and oxygen atoms in total. The standard InChI is InChI=1S/C18H20N4O2S2/c1-12-3-5-14(6-4-12)8-22-15(9-23)7-19-18(22)26-11-16(24)21-17-20-13(2)10-25-17/h3-7,10,23H,8-9,11H2,1-2H3,(H,20,21,24). The summed E-state index contributed by atoms with van der Waals surface area (Å²) in [6.07, 6.45) is 1.65. The van der Waals surface area contributed by atoms with Crippen LogP contribution < -0.4 is 5.32 Å². The Bertz CT molecular complexity index is 887. The number of thioether (sulfide) groups is 1. The van der Waals surface area contributed by atoms with Gasteiger partial charge in [0.05, 0.1) is 29.9 Å². The lowest BCUT2D eigenvalue weighted by Crippen LogP contribution is -2.15. The van der Waals surface area contributed by atoms with Crippen LogP contribution in [0.4, 0.5) is 5.13 Å². The van der Waals surface area contributed by atoms with Gasteiger partial charge in [-0.15, -0.1) is 11.3 Å². The lowest BCUT2D eigenvalue weighted by molar-refractivity contribution is -0.113. The molecule has 26 heavy (non-hydrogen) atoms. The number of aliphatic hydroxyl groups excluding tert-OH is 1. The van der Waals surface area contributed by atoms with Crippen molar-refractivity contribution in [3.05, 3.63) is 58.4 Å². The summed E-state index contributed by atoms with van der Waals surface area (Å²) in [6, 6.07) is 8.23. The Hall–Kier alpha value is -2.16. The molecule has 1 aromatic carbocycles. The fourth-order valence-electron chi connectivity index (χ4n) is 2.38. The number of carbonyl (C=O) groups is 1. The number of nitrogens with one attached hydrogen (secondary N) is 1. The maximum Gasteiger partial charge on any atom is 0.236 e. The van der Waals surface area contributed by atoms with E-state index in [-0.39, 0.29) is 18.3 Å². The number of thiazole rings is 1. The van der Waals surface area contributed by atoms with Crippen LogP contribution >= 0.6 is 23.1 Å². The van der Waals surface area contributed by atoms with Gasteiger partial charge in [-0.2, -0.15) is 0 Å². The van der Waals surface area contributed by atoms with Crippen molar-refractivity contribution in [2.75, 3.05) is 11.1 Å². The molecule has 8 heteroatoms. The minimum atomic E-state index is -0.125. The summed E-state index contributed by atoms with van der Waals surface area (Å²) in [4.78, 5) is 20.7. The first-order chi connectivity index (χ1) is 12.5. The molecule has 3 aromatic rings. The maximum atomic E-state index is 12.1. The van der Waals surface area contributed by atoms with Gasteiger partial charge in [0, 0.05) is 11.9 Å². The van der Waals surface area contributed by atoms with E-state index in [0.29, 0.717) is 16.8 Å². The smallest absolute Gasteiger partial charge is 0.236 e. The van der Waals surface area contributed by atoms with Crippen LogP contribution in [-0.4, -0.2) is 31.3 Å². The Balaban J connectivity index is 1.66. The molecule has 2 N–H and O–H groups in total. The number of rotatable bonds is 7. The number of aryl methyl sites for hydroxylation is 2. The fourth-order valence-corrected chi connectivity index (χ4v) is 3.88. The van der Waals surface area contributed by atoms with E-state index < -0.39 is 0 Å². The number of nitrogens with zero attached hydrogens (tertiary/aromatic N) is 3. The number of hydrogen-bond acceptors (Lipinski definition) is 6. The number of benzene rings is 1. The van der Waals surface area contributed by atoms with Gasteiger partial charge in [0.15, 0.2) is 10.3 Å². The van der Waals surface area contributed by atoms with Crippen LogP contribution in [0.1, 0.15) is 22.5 Å². The molecule has 1 amide bonds. The van der Waals surface area contributed by atoms with E-state index in [9.17, 15) is 9.90 Å². The van der Waals surface area contributed by atoms with Crippen LogP contribution in [0.5, 0.6) is 0 Å². The third kappa shape index (κ3) is 4.72. The van der Waals surface area contributed by atoms with E-state index in [1.165, 1.54) is 28.7 Å². The quantitative estimate of drug-likeness (QED) is 0.608. The molecule has 3 rings (SSSR count). The Labute approximate surface area is 160 Å². The second-order valence-electron chi connectivity index (χ2n) is 5.89. The SMILES string of the molecule is Cc1ccc(Cn2c(CO)cnc2SCC(=O)Nc2nc(C)cs2)cc1. The van der Waals surface area contributed by atoms with E-state index in [2.05, 4.69) is 39.6 Å². The summed E-state index contributed by atoms with van der Waals surface area (Å²) in [7, 11) is 0. The van der Waals surface area contributed by atoms with Crippen molar-refractivity contribution < 1.29 is 9.90 Å². The Morgan fingerprint density at radius 2 is 2.08 bits per heavy atom. The van der Waals surface area contributed by atoms with E-state index in [4.69, 9.17) is 0 Å². The van der Waals surface area contributed by atoms with Gasteiger partial charge in [-0.05, 0) is 19.4 Å². The Morgan fingerprint density at radius 1 is 1.31 bits per heavy atom. The van der Waals surface area contributed by atoms with Crippen LogP contribution in [0, 0.1) is 13.8 Å². The fraction of sp³-hybridized carbons (Fsp3) is 0.278. The van der Waals surface area contributed by atoms with Crippen molar-refractivity contribution in [3.63, 3.8) is 0 Å². The maximum absolute atomic E-state index is 12.1. The largest absolute Gasteiger partial charge is 0.390 e. The molecule has 0 radical (unpaired) electrons. The molecule has 136 valence electrons. The van der Waals surface area contributed by atoms with E-state index in [1.807, 2.05) is 23.8 Å². The highest BCUT2D eigenvalue weighted by molar-refractivity contribution is 7.99. The van der Waals surface area contributed by atoms with Crippen molar-refractivity contribution in [2.45, 2.75) is 32.2 Å². The van der Waals surface area contributed by atoms with Crippen LogP contribution in [0.15, 0.2) is 41.0 Å². The molecular weight excluding hydrogens is 368 g/mol. The van der Waals surface area contributed by atoms with Crippen molar-refractivity contribution in [3.8, 4) is 0 Å². The minimum Gasteiger partial charge on any atom is -0.390 e. The molecule has 0 saturated heterocycles. The van der Waals surface area contributed by atoms with Gasteiger partial charge < -0.3 is 15.0 Å². The van der Waals surface area contributed by atoms with Gasteiger partial charge in [-0.3, -0.25) is 4.79 Å². The third-order valence-electron chi connectivity index (χ3n) is 3.72. The monoisotopic (exact) mass is 388 g/mol. The Morgan fingerprint density at radius 3 is 2.73 bits per heavy atom. The molecule has 0 fully saturated rings. The molecule has 0 unspecified atom stereocenters. The summed E-state index contributed by atoms with van der Waals surface area (Å²) in [6.45, 7) is 4.44. The second-order valence-corrected chi connectivity index (χ2v) is 7.69. The van der Waals surface area contributed by atoms with Gasteiger partial charge in [0.25, 0.3) is 0 Å². The topological polar surface area (TPSA) is 80.0 Å². The van der Waals surface area contributed by atoms with Gasteiger partial charge in [0.2, 0.25) is 5.91 Å².